The van der Waals surface area contributed by atoms with E-state index in [1.807, 2.05) is 6.07 Å². The van der Waals surface area contributed by atoms with Crippen LogP contribution in [-0.2, 0) is 11.2 Å². The highest BCUT2D eigenvalue weighted by molar-refractivity contribution is 5.97. The molecular weight excluding hydrogens is 320 g/mol. The molecule has 0 aliphatic rings. The van der Waals surface area contributed by atoms with E-state index in [2.05, 4.69) is 5.32 Å². The fraction of sp³-hybridized carbons (Fsp3) is 0.263. The quantitative estimate of drug-likeness (QED) is 0.700. The number of rotatable bonds is 6. The van der Waals surface area contributed by atoms with Crippen LogP contribution < -0.4 is 5.32 Å². The first-order chi connectivity index (χ1) is 11.9. The fourth-order valence-electron chi connectivity index (χ4n) is 2.39. The minimum atomic E-state index is -0.647. The normalized spacial score (nSPS) is 11.6. The molecule has 2 aromatic carbocycles. The Morgan fingerprint density at radius 3 is 2.40 bits per heavy atom. The summed E-state index contributed by atoms with van der Waals surface area (Å²) < 4.78 is 0. The van der Waals surface area contributed by atoms with Crippen LogP contribution in [0.15, 0.2) is 48.5 Å². The Bertz CT molecular complexity index is 746. The monoisotopic (exact) mass is 342 g/mol. The molecule has 0 bridgehead atoms. The first kappa shape index (κ1) is 18.3. The van der Waals surface area contributed by atoms with Crippen molar-refractivity contribution in [3.8, 4) is 11.5 Å². The second-order valence-electron chi connectivity index (χ2n) is 5.89. The van der Waals surface area contributed by atoms with E-state index in [-0.39, 0.29) is 23.3 Å². The van der Waals surface area contributed by atoms with Crippen molar-refractivity contribution in [2.45, 2.75) is 19.4 Å². The maximum atomic E-state index is 12.4. The van der Waals surface area contributed by atoms with E-state index in [1.54, 1.807) is 44.3 Å². The van der Waals surface area contributed by atoms with Gasteiger partial charge in [0.1, 0.15) is 6.04 Å². The molecular formula is C19H22N2O4. The molecule has 0 aliphatic heterocycles. The Hall–Kier alpha value is -3.02. The summed E-state index contributed by atoms with van der Waals surface area (Å²) in [6.45, 7) is 2.07. The number of aromatic hydroxyl groups is 2. The highest BCUT2D eigenvalue weighted by atomic mass is 16.3. The van der Waals surface area contributed by atoms with Gasteiger partial charge in [-0.05, 0) is 43.2 Å². The lowest BCUT2D eigenvalue weighted by molar-refractivity contribution is -0.131. The summed E-state index contributed by atoms with van der Waals surface area (Å²) in [7, 11) is 1.66. The molecule has 0 aromatic heterocycles. The zero-order valence-corrected chi connectivity index (χ0v) is 14.3. The van der Waals surface area contributed by atoms with Gasteiger partial charge in [-0.3, -0.25) is 9.59 Å². The van der Waals surface area contributed by atoms with Crippen molar-refractivity contribution in [3.05, 3.63) is 59.7 Å². The number of hydrogen-bond donors (Lipinski definition) is 3. The Morgan fingerprint density at radius 1 is 1.08 bits per heavy atom. The van der Waals surface area contributed by atoms with E-state index in [1.165, 1.54) is 17.0 Å². The third-order valence-corrected chi connectivity index (χ3v) is 3.91. The van der Waals surface area contributed by atoms with Gasteiger partial charge >= 0.3 is 0 Å². The number of phenols is 2. The van der Waals surface area contributed by atoms with Crippen LogP contribution in [0, 0.1) is 0 Å². The second kappa shape index (κ2) is 8.19. The lowest BCUT2D eigenvalue weighted by Gasteiger charge is -2.22. The van der Waals surface area contributed by atoms with Crippen LogP contribution in [0.4, 0.5) is 0 Å². The Morgan fingerprint density at radius 2 is 1.76 bits per heavy atom. The SMILES string of the molecule is CC(NC(=O)c1ccccc1)C(=O)N(C)CCc1ccc(O)c(O)c1. The summed E-state index contributed by atoms with van der Waals surface area (Å²) in [5, 5.41) is 21.5. The molecule has 2 amide bonds. The summed E-state index contributed by atoms with van der Waals surface area (Å²) in [5.74, 6) is -0.856. The Labute approximate surface area is 146 Å². The lowest BCUT2D eigenvalue weighted by atomic mass is 10.1. The first-order valence-electron chi connectivity index (χ1n) is 8.00. The smallest absolute Gasteiger partial charge is 0.251 e. The highest BCUT2D eigenvalue weighted by Crippen LogP contribution is 2.25. The van der Waals surface area contributed by atoms with E-state index >= 15 is 0 Å². The zero-order valence-electron chi connectivity index (χ0n) is 14.3. The van der Waals surface area contributed by atoms with Gasteiger partial charge in [-0.25, -0.2) is 0 Å². The second-order valence-corrected chi connectivity index (χ2v) is 5.89. The van der Waals surface area contributed by atoms with Crippen LogP contribution in [0.2, 0.25) is 0 Å². The van der Waals surface area contributed by atoms with Gasteiger partial charge in [0.05, 0.1) is 0 Å². The van der Waals surface area contributed by atoms with E-state index in [4.69, 9.17) is 0 Å². The third kappa shape index (κ3) is 4.97. The topological polar surface area (TPSA) is 89.9 Å². The van der Waals surface area contributed by atoms with Crippen LogP contribution in [0.5, 0.6) is 11.5 Å². The molecule has 1 atom stereocenters. The molecule has 0 heterocycles. The minimum absolute atomic E-state index is 0.176. The number of amides is 2. The van der Waals surface area contributed by atoms with E-state index in [0.29, 0.717) is 18.5 Å². The Balaban J connectivity index is 1.88. The molecule has 2 rings (SSSR count). The van der Waals surface area contributed by atoms with Crippen molar-refractivity contribution < 1.29 is 19.8 Å². The van der Waals surface area contributed by atoms with Crippen molar-refractivity contribution >= 4 is 11.8 Å². The molecule has 132 valence electrons. The summed E-state index contributed by atoms with van der Waals surface area (Å²) in [4.78, 5) is 26.0. The van der Waals surface area contributed by atoms with E-state index in [9.17, 15) is 19.8 Å². The van der Waals surface area contributed by atoms with Crippen molar-refractivity contribution in [2.24, 2.45) is 0 Å². The van der Waals surface area contributed by atoms with Crippen LogP contribution in [0.3, 0.4) is 0 Å². The number of carbonyl (C=O) groups excluding carboxylic acids is 2. The van der Waals surface area contributed by atoms with Crippen LogP contribution in [0.1, 0.15) is 22.8 Å². The van der Waals surface area contributed by atoms with Gasteiger partial charge in [-0.1, -0.05) is 24.3 Å². The van der Waals surface area contributed by atoms with Crippen LogP contribution in [0.25, 0.3) is 0 Å². The molecule has 3 N–H and O–H groups in total. The lowest BCUT2D eigenvalue weighted by Crippen LogP contribution is -2.46. The van der Waals surface area contributed by atoms with Crippen molar-refractivity contribution in [3.63, 3.8) is 0 Å². The summed E-state index contributed by atoms with van der Waals surface area (Å²) >= 11 is 0. The molecule has 0 spiro atoms. The molecule has 0 radical (unpaired) electrons. The molecule has 6 nitrogen and oxygen atoms in total. The Kier molecular flexibility index (Phi) is 6.00. The molecule has 0 aliphatic carbocycles. The van der Waals surface area contributed by atoms with Gasteiger partial charge in [0.25, 0.3) is 5.91 Å². The maximum absolute atomic E-state index is 12.4. The van der Waals surface area contributed by atoms with Crippen LogP contribution in [-0.4, -0.2) is 46.6 Å². The molecule has 2 aromatic rings. The molecule has 0 fully saturated rings. The predicted octanol–water partition coefficient (Wildman–Crippen LogP) is 1.92. The average Bonchev–Trinajstić information content (AvgIpc) is 2.62. The van der Waals surface area contributed by atoms with Crippen molar-refractivity contribution in [1.29, 1.82) is 0 Å². The van der Waals surface area contributed by atoms with Gasteiger partial charge in [-0.15, -0.1) is 0 Å². The summed E-state index contributed by atoms with van der Waals surface area (Å²) in [6.07, 6.45) is 0.523. The number of likely N-dealkylation sites (N-methyl/N-ethyl adjacent to an activating group) is 1. The molecule has 6 heteroatoms. The largest absolute Gasteiger partial charge is 0.504 e. The molecule has 1 unspecified atom stereocenters. The number of carbonyl (C=O) groups is 2. The fourth-order valence-corrected chi connectivity index (χ4v) is 2.39. The van der Waals surface area contributed by atoms with Gasteiger partial charge in [0.15, 0.2) is 11.5 Å². The number of nitrogens with one attached hydrogen (secondary N) is 1. The highest BCUT2D eigenvalue weighted by Gasteiger charge is 2.20. The van der Waals surface area contributed by atoms with Gasteiger partial charge in [-0.2, -0.15) is 0 Å². The van der Waals surface area contributed by atoms with Gasteiger partial charge in [0.2, 0.25) is 5.91 Å². The average molecular weight is 342 g/mol. The predicted molar refractivity (Wildman–Crippen MR) is 94.5 cm³/mol. The van der Waals surface area contributed by atoms with Crippen molar-refractivity contribution in [1.82, 2.24) is 10.2 Å². The van der Waals surface area contributed by atoms with Gasteiger partial charge < -0.3 is 20.4 Å². The first-order valence-corrected chi connectivity index (χ1v) is 8.00. The number of nitrogens with zero attached hydrogens (tertiary/aromatic N) is 1. The number of hydrogen-bond acceptors (Lipinski definition) is 4. The molecule has 25 heavy (non-hydrogen) atoms. The zero-order chi connectivity index (χ0) is 18.4. The minimum Gasteiger partial charge on any atom is -0.504 e. The molecule has 0 saturated carbocycles. The standard InChI is InChI=1S/C19H22N2O4/c1-13(20-18(24)15-6-4-3-5-7-15)19(25)21(2)11-10-14-8-9-16(22)17(23)12-14/h3-9,12-13,22-23H,10-11H2,1-2H3,(H,20,24). The summed E-state index contributed by atoms with van der Waals surface area (Å²) in [6, 6.07) is 12.6. The van der Waals surface area contributed by atoms with Crippen molar-refractivity contribution in [2.75, 3.05) is 13.6 Å². The maximum Gasteiger partial charge on any atom is 0.251 e. The number of phenolic OH excluding ortho intramolecular Hbond substituents is 2. The molecule has 0 saturated heterocycles. The van der Waals surface area contributed by atoms with E-state index < -0.39 is 6.04 Å². The summed E-state index contributed by atoms with van der Waals surface area (Å²) in [5.41, 5.74) is 1.31. The third-order valence-electron chi connectivity index (χ3n) is 3.91. The van der Waals surface area contributed by atoms with E-state index in [0.717, 1.165) is 5.56 Å². The van der Waals surface area contributed by atoms with Crippen LogP contribution >= 0.6 is 0 Å². The van der Waals surface area contributed by atoms with Gasteiger partial charge in [0, 0.05) is 19.2 Å². The number of benzene rings is 2.